The third kappa shape index (κ3) is 4.44. The van der Waals surface area contributed by atoms with Crippen LogP contribution in [0.2, 0.25) is 0 Å². The second-order valence-corrected chi connectivity index (χ2v) is 7.51. The zero-order chi connectivity index (χ0) is 21.0. The molecular weight excluding hydrogens is 364 g/mol. The number of hydrogen-bond donors (Lipinski definition) is 0. The molecule has 1 aliphatic rings. The van der Waals surface area contributed by atoms with E-state index in [4.69, 9.17) is 4.74 Å². The summed E-state index contributed by atoms with van der Waals surface area (Å²) in [5.41, 5.74) is 3.35. The first-order valence-corrected chi connectivity index (χ1v) is 10.2. The van der Waals surface area contributed by atoms with Crippen molar-refractivity contribution in [2.24, 2.45) is 0 Å². The van der Waals surface area contributed by atoms with E-state index >= 15 is 0 Å². The smallest absolute Gasteiger partial charge is 0.225 e. The Kier molecular flexibility index (Phi) is 6.57. The van der Waals surface area contributed by atoms with Gasteiger partial charge in [-0.05, 0) is 49.1 Å². The Morgan fingerprint density at radius 1 is 1.21 bits per heavy atom. The third-order valence-corrected chi connectivity index (χ3v) is 5.89. The molecule has 5 heteroatoms. The molecule has 154 valence electrons. The zero-order valence-corrected chi connectivity index (χ0v) is 17.7. The molecule has 2 atom stereocenters. The SMILES string of the molecule is CCN(C(=O)CC1c2ccccc2CCN1C(C)=O)C(C)c1cccc(OC)c1. The molecule has 0 saturated carbocycles. The predicted molar refractivity (Wildman–Crippen MR) is 114 cm³/mol. The molecule has 0 spiro atoms. The summed E-state index contributed by atoms with van der Waals surface area (Å²) in [6, 6.07) is 15.7. The lowest BCUT2D eigenvalue weighted by molar-refractivity contribution is -0.137. The van der Waals surface area contributed by atoms with Crippen molar-refractivity contribution in [3.63, 3.8) is 0 Å². The lowest BCUT2D eigenvalue weighted by Gasteiger charge is -2.38. The minimum atomic E-state index is -0.212. The maximum Gasteiger partial charge on any atom is 0.225 e. The number of hydrogen-bond acceptors (Lipinski definition) is 3. The van der Waals surface area contributed by atoms with Crippen LogP contribution in [0.1, 0.15) is 56.0 Å². The van der Waals surface area contributed by atoms with Crippen molar-refractivity contribution in [2.75, 3.05) is 20.2 Å². The Balaban J connectivity index is 1.85. The molecule has 2 aromatic carbocycles. The van der Waals surface area contributed by atoms with E-state index < -0.39 is 0 Å². The molecule has 0 N–H and O–H groups in total. The van der Waals surface area contributed by atoms with E-state index in [1.54, 1.807) is 14.0 Å². The maximum absolute atomic E-state index is 13.3. The van der Waals surface area contributed by atoms with Crippen LogP contribution < -0.4 is 4.74 Å². The number of amides is 2. The van der Waals surface area contributed by atoms with Crippen molar-refractivity contribution in [1.29, 1.82) is 0 Å². The Labute approximate surface area is 173 Å². The summed E-state index contributed by atoms with van der Waals surface area (Å²) in [7, 11) is 1.64. The van der Waals surface area contributed by atoms with E-state index in [1.165, 1.54) is 5.56 Å². The molecule has 2 unspecified atom stereocenters. The summed E-state index contributed by atoms with van der Waals surface area (Å²) in [6.07, 6.45) is 1.12. The first kappa shape index (κ1) is 20.9. The molecule has 0 bridgehead atoms. The van der Waals surface area contributed by atoms with Gasteiger partial charge >= 0.3 is 0 Å². The van der Waals surface area contributed by atoms with E-state index in [-0.39, 0.29) is 23.9 Å². The largest absolute Gasteiger partial charge is 0.497 e. The summed E-state index contributed by atoms with van der Waals surface area (Å²) < 4.78 is 5.33. The highest BCUT2D eigenvalue weighted by molar-refractivity contribution is 5.80. The van der Waals surface area contributed by atoms with Crippen molar-refractivity contribution in [3.05, 3.63) is 65.2 Å². The molecule has 2 amide bonds. The second-order valence-electron chi connectivity index (χ2n) is 7.51. The molecule has 1 aliphatic heterocycles. The van der Waals surface area contributed by atoms with Crippen LogP contribution in [0.5, 0.6) is 5.75 Å². The normalized spacial score (nSPS) is 16.7. The van der Waals surface area contributed by atoms with Gasteiger partial charge in [-0.1, -0.05) is 36.4 Å². The molecule has 29 heavy (non-hydrogen) atoms. The summed E-state index contributed by atoms with van der Waals surface area (Å²) >= 11 is 0. The van der Waals surface area contributed by atoms with Gasteiger partial charge in [-0.15, -0.1) is 0 Å². The molecular formula is C24H30N2O3. The van der Waals surface area contributed by atoms with Gasteiger partial charge in [0, 0.05) is 20.0 Å². The topological polar surface area (TPSA) is 49.9 Å². The molecule has 0 radical (unpaired) electrons. The number of nitrogens with zero attached hydrogens (tertiary/aromatic N) is 2. The zero-order valence-electron chi connectivity index (χ0n) is 17.7. The highest BCUT2D eigenvalue weighted by atomic mass is 16.5. The quantitative estimate of drug-likeness (QED) is 0.740. The number of carbonyl (C=O) groups is 2. The molecule has 0 saturated heterocycles. The number of benzene rings is 2. The van der Waals surface area contributed by atoms with E-state index in [0.29, 0.717) is 19.5 Å². The van der Waals surface area contributed by atoms with Crippen molar-refractivity contribution in [2.45, 2.75) is 45.7 Å². The molecule has 0 aromatic heterocycles. The fourth-order valence-corrected chi connectivity index (χ4v) is 4.28. The van der Waals surface area contributed by atoms with Gasteiger partial charge in [-0.2, -0.15) is 0 Å². The Morgan fingerprint density at radius 3 is 2.66 bits per heavy atom. The van der Waals surface area contributed by atoms with Gasteiger partial charge in [-0.25, -0.2) is 0 Å². The minimum absolute atomic E-state index is 0.0150. The van der Waals surface area contributed by atoms with Crippen LogP contribution in [0.15, 0.2) is 48.5 Å². The lowest BCUT2D eigenvalue weighted by atomic mass is 9.90. The van der Waals surface area contributed by atoms with Gasteiger partial charge in [-0.3, -0.25) is 9.59 Å². The molecule has 2 aromatic rings. The van der Waals surface area contributed by atoms with Crippen LogP contribution >= 0.6 is 0 Å². The van der Waals surface area contributed by atoms with Gasteiger partial charge in [0.2, 0.25) is 11.8 Å². The van der Waals surface area contributed by atoms with Gasteiger partial charge in [0.25, 0.3) is 0 Å². The third-order valence-electron chi connectivity index (χ3n) is 5.89. The second kappa shape index (κ2) is 9.12. The molecule has 0 fully saturated rings. The average molecular weight is 395 g/mol. The average Bonchev–Trinajstić information content (AvgIpc) is 2.74. The monoisotopic (exact) mass is 394 g/mol. The first-order valence-electron chi connectivity index (χ1n) is 10.2. The van der Waals surface area contributed by atoms with Gasteiger partial charge in [0.05, 0.1) is 25.6 Å². The highest BCUT2D eigenvalue weighted by Gasteiger charge is 2.32. The molecule has 1 heterocycles. The predicted octanol–water partition coefficient (Wildman–Crippen LogP) is 4.14. The summed E-state index contributed by atoms with van der Waals surface area (Å²) in [6.45, 7) is 6.87. The summed E-state index contributed by atoms with van der Waals surface area (Å²) in [5, 5.41) is 0. The fraction of sp³-hybridized carbons (Fsp3) is 0.417. The number of methoxy groups -OCH3 is 1. The van der Waals surface area contributed by atoms with Crippen molar-refractivity contribution >= 4 is 11.8 Å². The molecule has 0 aliphatic carbocycles. The van der Waals surface area contributed by atoms with Crippen molar-refractivity contribution in [3.8, 4) is 5.75 Å². The fourth-order valence-electron chi connectivity index (χ4n) is 4.28. The minimum Gasteiger partial charge on any atom is -0.497 e. The van der Waals surface area contributed by atoms with Crippen LogP contribution in [-0.2, 0) is 16.0 Å². The Bertz CT molecular complexity index is 880. The highest BCUT2D eigenvalue weighted by Crippen LogP contribution is 2.34. The van der Waals surface area contributed by atoms with E-state index in [1.807, 2.05) is 66.1 Å². The van der Waals surface area contributed by atoms with Crippen LogP contribution in [0, 0.1) is 0 Å². The molecule has 3 rings (SSSR count). The number of rotatable bonds is 6. The standard InChI is InChI=1S/C24H30N2O3/c1-5-25(17(2)20-10-8-11-21(15-20)29-4)24(28)16-23-22-12-7-6-9-19(22)13-14-26(23)18(3)27/h6-12,15,17,23H,5,13-14,16H2,1-4H3. The van der Waals surface area contributed by atoms with Gasteiger partial charge < -0.3 is 14.5 Å². The van der Waals surface area contributed by atoms with Crippen molar-refractivity contribution in [1.82, 2.24) is 9.80 Å². The number of fused-ring (bicyclic) bond motifs is 1. The molecule has 5 nitrogen and oxygen atoms in total. The number of carbonyl (C=O) groups excluding carboxylic acids is 2. The van der Waals surface area contributed by atoms with E-state index in [0.717, 1.165) is 23.3 Å². The van der Waals surface area contributed by atoms with Crippen LogP contribution in [-0.4, -0.2) is 41.8 Å². The van der Waals surface area contributed by atoms with Crippen LogP contribution in [0.4, 0.5) is 0 Å². The van der Waals surface area contributed by atoms with Gasteiger partial charge in [0.1, 0.15) is 5.75 Å². The summed E-state index contributed by atoms with van der Waals surface area (Å²) in [5.74, 6) is 0.846. The van der Waals surface area contributed by atoms with Crippen LogP contribution in [0.3, 0.4) is 0 Å². The van der Waals surface area contributed by atoms with Crippen LogP contribution in [0.25, 0.3) is 0 Å². The summed E-state index contributed by atoms with van der Waals surface area (Å²) in [4.78, 5) is 29.3. The van der Waals surface area contributed by atoms with Crippen molar-refractivity contribution < 1.29 is 14.3 Å². The number of ether oxygens (including phenoxy) is 1. The maximum atomic E-state index is 13.3. The Morgan fingerprint density at radius 2 is 1.97 bits per heavy atom. The van der Waals surface area contributed by atoms with E-state index in [9.17, 15) is 9.59 Å². The first-order chi connectivity index (χ1) is 14.0. The lowest BCUT2D eigenvalue weighted by Crippen LogP contribution is -2.42. The Hall–Kier alpha value is -2.82. The van der Waals surface area contributed by atoms with E-state index in [2.05, 4.69) is 6.07 Å². The van der Waals surface area contributed by atoms with Gasteiger partial charge in [0.15, 0.2) is 0 Å².